The maximum absolute atomic E-state index is 13.8. The van der Waals surface area contributed by atoms with Crippen molar-refractivity contribution < 1.29 is 14.7 Å². The fourth-order valence-electron chi connectivity index (χ4n) is 5.64. The van der Waals surface area contributed by atoms with Crippen LogP contribution < -0.4 is 10.6 Å². The number of nitrogens with two attached hydrogens (primary N) is 1. The molecule has 8 heteroatoms. The van der Waals surface area contributed by atoms with Crippen LogP contribution in [0.25, 0.3) is 10.9 Å². The molecule has 3 aromatic rings. The number of oxime groups is 1. The summed E-state index contributed by atoms with van der Waals surface area (Å²) < 4.78 is 7.84. The van der Waals surface area contributed by atoms with E-state index in [0.29, 0.717) is 18.7 Å². The zero-order valence-corrected chi connectivity index (χ0v) is 20.7. The molecule has 1 aromatic carbocycles. The van der Waals surface area contributed by atoms with Gasteiger partial charge in [0.15, 0.2) is 5.84 Å². The van der Waals surface area contributed by atoms with E-state index in [9.17, 15) is 10.0 Å². The average Bonchev–Trinajstić information content (AvgIpc) is 3.38. The molecule has 184 valence electrons. The molecule has 1 saturated carbocycles. The van der Waals surface area contributed by atoms with Crippen molar-refractivity contribution >= 4 is 28.3 Å². The number of aromatic nitrogens is 2. The van der Waals surface area contributed by atoms with E-state index in [1.165, 1.54) is 0 Å². The van der Waals surface area contributed by atoms with Gasteiger partial charge in [0.2, 0.25) is 0 Å². The number of carbonyl (C=O) groups is 1. The van der Waals surface area contributed by atoms with Gasteiger partial charge in [-0.25, -0.2) is 0 Å². The second-order valence-corrected chi connectivity index (χ2v) is 10.5. The number of nitrogens with zero attached hydrogens (tertiary/aromatic N) is 4. The smallest absolute Gasteiger partial charge is 0.274 e. The summed E-state index contributed by atoms with van der Waals surface area (Å²) in [4.78, 5) is 20.3. The van der Waals surface area contributed by atoms with Crippen LogP contribution in [0.4, 0.5) is 5.69 Å². The predicted molar refractivity (Wildman–Crippen MR) is 136 cm³/mol. The van der Waals surface area contributed by atoms with Gasteiger partial charge in [-0.1, -0.05) is 30.3 Å². The van der Waals surface area contributed by atoms with Crippen molar-refractivity contribution in [1.29, 1.82) is 0 Å². The minimum absolute atomic E-state index is 0.106. The first-order chi connectivity index (χ1) is 16.7. The SMILES string of the molecule is C[C@H]1C[C@]1(C(N)=NO)n1c(C(=O)N(C)c2ccccc2)cc2cc(C3CCOC(C)(C)C3)ncc21. The second-order valence-electron chi connectivity index (χ2n) is 10.5. The van der Waals surface area contributed by atoms with Gasteiger partial charge in [-0.2, -0.15) is 0 Å². The number of pyridine rings is 1. The Hall–Kier alpha value is -3.39. The van der Waals surface area contributed by atoms with E-state index in [1.54, 1.807) is 11.9 Å². The standard InChI is InChI=1S/C27H33N5O3/c1-17-14-27(17,25(28)30-34)32-22(24(33)31(4)20-8-6-5-7-9-20)13-19-12-21(29-16-23(19)32)18-10-11-35-26(2,3)15-18/h5-9,12-13,16-18,34H,10-11,14-15H2,1-4H3,(H2,28,30)/t17-,18?,27-/m0/s1. The molecule has 3 heterocycles. The van der Waals surface area contributed by atoms with Crippen molar-refractivity contribution in [2.45, 2.75) is 57.1 Å². The number of amidine groups is 1. The topological polar surface area (TPSA) is 106 Å². The van der Waals surface area contributed by atoms with Crippen LogP contribution in [0.15, 0.2) is 53.8 Å². The summed E-state index contributed by atoms with van der Waals surface area (Å²) in [5.41, 5.74) is 8.38. The van der Waals surface area contributed by atoms with Gasteiger partial charge >= 0.3 is 0 Å². The first kappa shape index (κ1) is 23.4. The van der Waals surface area contributed by atoms with Crippen LogP contribution in [0.1, 0.15) is 62.1 Å². The summed E-state index contributed by atoms with van der Waals surface area (Å²) >= 11 is 0. The van der Waals surface area contributed by atoms with Crippen molar-refractivity contribution in [3.8, 4) is 0 Å². The van der Waals surface area contributed by atoms with E-state index in [0.717, 1.165) is 35.1 Å². The average molecular weight is 476 g/mol. The minimum Gasteiger partial charge on any atom is -0.409 e. The lowest BCUT2D eigenvalue weighted by molar-refractivity contribution is -0.0597. The summed E-state index contributed by atoms with van der Waals surface area (Å²) in [5.74, 6) is 0.341. The molecule has 1 aliphatic heterocycles. The number of ether oxygens (including phenoxy) is 1. The largest absolute Gasteiger partial charge is 0.409 e. The first-order valence-corrected chi connectivity index (χ1v) is 12.1. The molecule has 3 N–H and O–H groups in total. The Morgan fingerprint density at radius 1 is 1.26 bits per heavy atom. The number of amides is 1. The monoisotopic (exact) mass is 475 g/mol. The number of rotatable bonds is 5. The van der Waals surface area contributed by atoms with Gasteiger partial charge < -0.3 is 25.1 Å². The maximum atomic E-state index is 13.8. The molecule has 5 rings (SSSR count). The Balaban J connectivity index is 1.64. The van der Waals surface area contributed by atoms with Crippen molar-refractivity contribution in [3.05, 3.63) is 60.0 Å². The molecule has 2 fully saturated rings. The van der Waals surface area contributed by atoms with Crippen molar-refractivity contribution in [1.82, 2.24) is 9.55 Å². The van der Waals surface area contributed by atoms with Crippen LogP contribution in [0, 0.1) is 5.92 Å². The van der Waals surface area contributed by atoms with Crippen LogP contribution in [0.3, 0.4) is 0 Å². The van der Waals surface area contributed by atoms with Crippen LogP contribution in [-0.2, 0) is 10.3 Å². The highest BCUT2D eigenvalue weighted by atomic mass is 16.5. The third kappa shape index (κ3) is 3.86. The summed E-state index contributed by atoms with van der Waals surface area (Å²) in [7, 11) is 1.76. The molecule has 8 nitrogen and oxygen atoms in total. The van der Waals surface area contributed by atoms with E-state index < -0.39 is 5.54 Å². The lowest BCUT2D eigenvalue weighted by Gasteiger charge is -2.35. The zero-order chi connectivity index (χ0) is 25.0. The highest BCUT2D eigenvalue weighted by Gasteiger charge is 2.58. The van der Waals surface area contributed by atoms with Crippen molar-refractivity contribution in [2.75, 3.05) is 18.6 Å². The lowest BCUT2D eigenvalue weighted by atomic mass is 9.86. The predicted octanol–water partition coefficient (Wildman–Crippen LogP) is 4.47. The Morgan fingerprint density at radius 2 is 1.97 bits per heavy atom. The number of anilines is 1. The van der Waals surface area contributed by atoms with Gasteiger partial charge in [-0.05, 0) is 63.3 Å². The first-order valence-electron chi connectivity index (χ1n) is 12.1. The van der Waals surface area contributed by atoms with E-state index in [1.807, 2.05) is 54.1 Å². The fourth-order valence-corrected chi connectivity index (χ4v) is 5.64. The molecule has 0 spiro atoms. The summed E-state index contributed by atoms with van der Waals surface area (Å²) in [5, 5.41) is 13.9. The Kier molecular flexibility index (Phi) is 5.59. The number of para-hydroxylation sites is 1. The summed E-state index contributed by atoms with van der Waals surface area (Å²) in [6.07, 6.45) is 4.32. The van der Waals surface area contributed by atoms with Crippen LogP contribution in [0.5, 0.6) is 0 Å². The number of carbonyl (C=O) groups excluding carboxylic acids is 1. The normalized spacial score (nSPS) is 26.0. The number of hydrogen-bond donors (Lipinski definition) is 2. The van der Waals surface area contributed by atoms with Gasteiger partial charge in [0, 0.05) is 36.3 Å². The summed E-state index contributed by atoms with van der Waals surface area (Å²) in [6.45, 7) is 6.97. The molecular weight excluding hydrogens is 442 g/mol. The van der Waals surface area contributed by atoms with E-state index >= 15 is 0 Å². The molecule has 0 radical (unpaired) electrons. The fraction of sp³-hybridized carbons (Fsp3) is 0.444. The van der Waals surface area contributed by atoms with Gasteiger partial charge in [-0.3, -0.25) is 9.78 Å². The number of hydrogen-bond acceptors (Lipinski definition) is 5. The maximum Gasteiger partial charge on any atom is 0.274 e. The number of benzene rings is 1. The Morgan fingerprint density at radius 3 is 2.60 bits per heavy atom. The van der Waals surface area contributed by atoms with Crippen molar-refractivity contribution in [3.63, 3.8) is 0 Å². The molecule has 1 aliphatic carbocycles. The molecule has 1 amide bonds. The van der Waals surface area contributed by atoms with Gasteiger partial charge in [-0.15, -0.1) is 0 Å². The summed E-state index contributed by atoms with van der Waals surface area (Å²) in [6, 6.07) is 13.5. The Labute approximate surface area is 205 Å². The third-order valence-corrected chi connectivity index (χ3v) is 7.71. The molecule has 1 unspecified atom stereocenters. The number of fused-ring (bicyclic) bond motifs is 1. The highest BCUT2D eigenvalue weighted by Crippen LogP contribution is 2.53. The molecule has 3 atom stereocenters. The van der Waals surface area contributed by atoms with Gasteiger partial charge in [0.05, 0.1) is 17.3 Å². The van der Waals surface area contributed by atoms with Gasteiger partial charge in [0.25, 0.3) is 5.91 Å². The third-order valence-electron chi connectivity index (χ3n) is 7.71. The molecule has 2 aromatic heterocycles. The van der Waals surface area contributed by atoms with Crippen LogP contribution in [-0.4, -0.2) is 45.8 Å². The zero-order valence-electron chi connectivity index (χ0n) is 20.7. The lowest BCUT2D eigenvalue weighted by Crippen LogP contribution is -2.39. The molecule has 2 aliphatic rings. The van der Waals surface area contributed by atoms with E-state index in [-0.39, 0.29) is 29.2 Å². The molecule has 1 saturated heterocycles. The van der Waals surface area contributed by atoms with E-state index in [4.69, 9.17) is 15.5 Å². The highest BCUT2D eigenvalue weighted by molar-refractivity contribution is 6.09. The second kappa shape index (κ2) is 8.37. The molecule has 0 bridgehead atoms. The minimum atomic E-state index is -0.761. The van der Waals surface area contributed by atoms with E-state index in [2.05, 4.69) is 25.1 Å². The van der Waals surface area contributed by atoms with Crippen LogP contribution in [0.2, 0.25) is 0 Å². The van der Waals surface area contributed by atoms with Crippen LogP contribution >= 0.6 is 0 Å². The Bertz CT molecular complexity index is 1300. The van der Waals surface area contributed by atoms with Crippen molar-refractivity contribution in [2.24, 2.45) is 16.8 Å². The van der Waals surface area contributed by atoms with Gasteiger partial charge in [0.1, 0.15) is 11.2 Å². The molecular formula is C27H33N5O3. The quantitative estimate of drug-likeness (QED) is 0.245. The molecule has 35 heavy (non-hydrogen) atoms.